The predicted octanol–water partition coefficient (Wildman–Crippen LogP) is 1.82. The summed E-state index contributed by atoms with van der Waals surface area (Å²) in [5, 5.41) is 7.21. The molecular weight excluding hydrogens is 330 g/mol. The molecule has 0 saturated heterocycles. The largest absolute Gasteiger partial charge is 0.489 e. The van der Waals surface area contributed by atoms with E-state index in [4.69, 9.17) is 28.6 Å². The smallest absolute Gasteiger partial charge is 0.223 e. The van der Waals surface area contributed by atoms with Crippen LogP contribution in [0, 0.1) is 0 Å². The summed E-state index contributed by atoms with van der Waals surface area (Å²) in [5.74, 6) is 0.813. The molecule has 0 aliphatic rings. The Morgan fingerprint density at radius 1 is 1.17 bits per heavy atom. The maximum absolute atomic E-state index is 5.86. The number of hydrogen-bond acceptors (Lipinski definition) is 2. The van der Waals surface area contributed by atoms with Gasteiger partial charge in [0.2, 0.25) is 5.11 Å². The lowest BCUT2D eigenvalue weighted by Crippen LogP contribution is -2.82. The van der Waals surface area contributed by atoms with Crippen molar-refractivity contribution in [1.29, 1.82) is 0 Å². The van der Waals surface area contributed by atoms with Crippen LogP contribution in [0.2, 0.25) is 5.02 Å². The zero-order valence-electron chi connectivity index (χ0n) is 12.8. The van der Waals surface area contributed by atoms with Gasteiger partial charge in [-0.05, 0) is 61.1 Å². The summed E-state index contributed by atoms with van der Waals surface area (Å²) in [5.41, 5.74) is 4.96. The van der Waals surface area contributed by atoms with Gasteiger partial charge in [-0.15, -0.1) is 10.5 Å². The quantitative estimate of drug-likeness (QED) is 0.423. The molecule has 0 aliphatic heterocycles. The van der Waals surface area contributed by atoms with E-state index in [0.29, 0.717) is 11.7 Å². The Morgan fingerprint density at radius 2 is 1.87 bits per heavy atom. The highest BCUT2D eigenvalue weighted by Gasteiger charge is 1.98. The lowest BCUT2D eigenvalue weighted by Gasteiger charge is -2.06. The number of thiocarbonyl (C=S) groups is 1. The zero-order valence-corrected chi connectivity index (χ0v) is 14.4. The van der Waals surface area contributed by atoms with Gasteiger partial charge in [-0.1, -0.05) is 23.7 Å². The second-order valence-electron chi connectivity index (χ2n) is 4.76. The Kier molecular flexibility index (Phi) is 6.84. The normalized spacial score (nSPS) is 10.5. The number of ether oxygens (including phenoxy) is 1. The fraction of sp³-hybridized carbons (Fsp3) is 0.176. The highest BCUT2D eigenvalue weighted by Crippen LogP contribution is 2.14. The third-order valence-electron chi connectivity index (χ3n) is 2.96. The van der Waals surface area contributed by atoms with Crippen molar-refractivity contribution in [2.75, 3.05) is 6.54 Å². The molecule has 2 aromatic rings. The minimum absolute atomic E-state index is 0.511. The Hall–Kier alpha value is -2.11. The molecule has 6 heteroatoms. The van der Waals surface area contributed by atoms with E-state index in [2.05, 4.69) is 15.8 Å². The lowest BCUT2D eigenvalue weighted by molar-refractivity contribution is -0.500. The number of rotatable bonds is 6. The molecule has 0 unspecified atom stereocenters. The Bertz CT molecular complexity index is 657. The fourth-order valence-corrected chi connectivity index (χ4v) is 2.13. The van der Waals surface area contributed by atoms with Gasteiger partial charge in [0.05, 0.1) is 0 Å². The summed E-state index contributed by atoms with van der Waals surface area (Å²) in [7, 11) is 0. The summed E-state index contributed by atoms with van der Waals surface area (Å²) in [6.07, 6.45) is 1.83. The Labute approximate surface area is 146 Å². The van der Waals surface area contributed by atoms with Crippen LogP contribution in [0.15, 0.2) is 48.5 Å². The van der Waals surface area contributed by atoms with Crippen LogP contribution in [0.1, 0.15) is 18.1 Å². The Morgan fingerprint density at radius 3 is 2.52 bits per heavy atom. The van der Waals surface area contributed by atoms with Crippen molar-refractivity contribution in [3.05, 3.63) is 64.7 Å². The van der Waals surface area contributed by atoms with Crippen LogP contribution in [0.3, 0.4) is 0 Å². The van der Waals surface area contributed by atoms with Crippen molar-refractivity contribution in [1.82, 2.24) is 10.7 Å². The van der Waals surface area contributed by atoms with E-state index in [-0.39, 0.29) is 0 Å². The molecule has 120 valence electrons. The van der Waals surface area contributed by atoms with Crippen LogP contribution >= 0.6 is 23.8 Å². The molecular formula is C17H19ClN3OS+. The van der Waals surface area contributed by atoms with Gasteiger partial charge in [0, 0.05) is 17.1 Å². The van der Waals surface area contributed by atoms with E-state index in [9.17, 15) is 0 Å². The number of nitrogens with one attached hydrogen (secondary N) is 3. The van der Waals surface area contributed by atoms with E-state index in [1.165, 1.54) is 0 Å². The molecule has 2 rings (SSSR count). The SMILES string of the molecule is CCNC(=S)N[NH+]=Cc1ccc(OCc2ccc(Cl)cc2)cc1. The number of hydrazine groups is 1. The minimum Gasteiger partial charge on any atom is -0.489 e. The van der Waals surface area contributed by atoms with Crippen molar-refractivity contribution in [2.24, 2.45) is 0 Å². The van der Waals surface area contributed by atoms with Gasteiger partial charge in [-0.3, -0.25) is 0 Å². The summed E-state index contributed by atoms with van der Waals surface area (Å²) in [4.78, 5) is 0. The monoisotopic (exact) mass is 348 g/mol. The molecule has 23 heavy (non-hydrogen) atoms. The topological polar surface area (TPSA) is 47.3 Å². The maximum atomic E-state index is 5.86. The number of halogens is 1. The van der Waals surface area contributed by atoms with E-state index < -0.39 is 0 Å². The summed E-state index contributed by atoms with van der Waals surface area (Å²) in [6, 6.07) is 15.4. The van der Waals surface area contributed by atoms with Gasteiger partial charge in [-0.25, -0.2) is 0 Å². The summed E-state index contributed by atoms with van der Waals surface area (Å²) in [6.45, 7) is 3.28. The third kappa shape index (κ3) is 6.26. The van der Waals surface area contributed by atoms with E-state index in [0.717, 1.165) is 28.4 Å². The summed E-state index contributed by atoms with van der Waals surface area (Å²) >= 11 is 10.9. The first kappa shape index (κ1) is 17.2. The Balaban J connectivity index is 1.83. The van der Waals surface area contributed by atoms with Gasteiger partial charge in [0.25, 0.3) is 0 Å². The predicted molar refractivity (Wildman–Crippen MR) is 97.8 cm³/mol. The van der Waals surface area contributed by atoms with Gasteiger partial charge >= 0.3 is 0 Å². The van der Waals surface area contributed by atoms with Crippen molar-refractivity contribution in [3.8, 4) is 5.75 Å². The van der Waals surface area contributed by atoms with Crippen molar-refractivity contribution in [3.63, 3.8) is 0 Å². The molecule has 0 aliphatic carbocycles. The molecule has 0 atom stereocenters. The summed E-state index contributed by atoms with van der Waals surface area (Å²) < 4.78 is 5.74. The molecule has 0 bridgehead atoms. The molecule has 3 N–H and O–H groups in total. The van der Waals surface area contributed by atoms with E-state index >= 15 is 0 Å². The fourth-order valence-electron chi connectivity index (χ4n) is 1.80. The van der Waals surface area contributed by atoms with Crippen molar-refractivity contribution >= 4 is 35.1 Å². The van der Waals surface area contributed by atoms with Crippen LogP contribution in [0.5, 0.6) is 5.75 Å². The molecule has 0 heterocycles. The van der Waals surface area contributed by atoms with Gasteiger partial charge in [0.1, 0.15) is 12.4 Å². The first-order valence-electron chi connectivity index (χ1n) is 7.27. The highest BCUT2D eigenvalue weighted by molar-refractivity contribution is 7.80. The van der Waals surface area contributed by atoms with Gasteiger partial charge in [-0.2, -0.15) is 0 Å². The van der Waals surface area contributed by atoms with Crippen molar-refractivity contribution in [2.45, 2.75) is 13.5 Å². The maximum Gasteiger partial charge on any atom is 0.223 e. The molecule has 0 aromatic heterocycles. The van der Waals surface area contributed by atoms with Gasteiger partial charge in [0.15, 0.2) is 6.21 Å². The standard InChI is InChI=1S/C17H18ClN3OS/c1-2-19-17(23)21-20-11-13-5-9-16(10-6-13)22-12-14-3-7-15(18)8-4-14/h3-11H,2,12H2,1H3,(H2,19,21,23)/p+1. The average molecular weight is 349 g/mol. The second-order valence-corrected chi connectivity index (χ2v) is 5.60. The van der Waals surface area contributed by atoms with Crippen LogP contribution in [-0.4, -0.2) is 17.9 Å². The molecule has 4 nitrogen and oxygen atoms in total. The minimum atomic E-state index is 0.511. The third-order valence-corrected chi connectivity index (χ3v) is 3.46. The number of benzene rings is 2. The van der Waals surface area contributed by atoms with E-state index in [1.54, 1.807) is 0 Å². The van der Waals surface area contributed by atoms with Crippen LogP contribution < -0.4 is 20.6 Å². The van der Waals surface area contributed by atoms with Crippen molar-refractivity contribution < 1.29 is 9.84 Å². The second kappa shape index (κ2) is 9.12. The first-order valence-corrected chi connectivity index (χ1v) is 8.06. The van der Waals surface area contributed by atoms with Crippen LogP contribution in [0.25, 0.3) is 0 Å². The average Bonchev–Trinajstić information content (AvgIpc) is 2.56. The van der Waals surface area contributed by atoms with E-state index in [1.807, 2.05) is 61.7 Å². The first-order chi connectivity index (χ1) is 11.2. The number of hydrazone groups is 1. The molecule has 0 spiro atoms. The van der Waals surface area contributed by atoms with Gasteiger partial charge < -0.3 is 10.1 Å². The highest BCUT2D eigenvalue weighted by atomic mass is 35.5. The molecule has 0 fully saturated rings. The van der Waals surface area contributed by atoms with Crippen LogP contribution in [0.4, 0.5) is 0 Å². The number of hydrogen-bond donors (Lipinski definition) is 3. The molecule has 0 saturated carbocycles. The van der Waals surface area contributed by atoms with Crippen LogP contribution in [-0.2, 0) is 6.61 Å². The lowest BCUT2D eigenvalue weighted by atomic mass is 10.2. The zero-order chi connectivity index (χ0) is 16.5. The molecule has 0 amide bonds. The molecule has 2 aromatic carbocycles. The molecule has 0 radical (unpaired) electrons.